The fourth-order valence-corrected chi connectivity index (χ4v) is 1.13. The lowest BCUT2D eigenvalue weighted by Gasteiger charge is -2.06. The standard InChI is InChI=1S/C8H12Cl2O7.C5H5N/c9-5-16-7(11)14-3-1-13-2-4-15-8(12)17-6-10;1-2-4-6-5-3-1/h1-6H2;1-5H. The number of alkyl halides is 2. The molecule has 0 unspecified atom stereocenters. The third-order valence-corrected chi connectivity index (χ3v) is 2.02. The van der Waals surface area contributed by atoms with Gasteiger partial charge in [-0.1, -0.05) is 29.3 Å². The highest BCUT2D eigenvalue weighted by Crippen LogP contribution is 1.90. The molecule has 8 nitrogen and oxygen atoms in total. The highest BCUT2D eigenvalue weighted by molar-refractivity contribution is 6.17. The van der Waals surface area contributed by atoms with Crippen molar-refractivity contribution in [3.05, 3.63) is 30.6 Å². The average Bonchev–Trinajstić information content (AvgIpc) is 2.56. The van der Waals surface area contributed by atoms with Gasteiger partial charge in [-0.3, -0.25) is 4.98 Å². The van der Waals surface area contributed by atoms with Gasteiger partial charge in [0.05, 0.1) is 13.2 Å². The quantitative estimate of drug-likeness (QED) is 0.392. The van der Waals surface area contributed by atoms with Crippen LogP contribution < -0.4 is 0 Å². The predicted molar refractivity (Wildman–Crippen MR) is 81.4 cm³/mol. The van der Waals surface area contributed by atoms with Crippen LogP contribution in [0.1, 0.15) is 0 Å². The molecule has 10 heteroatoms. The molecule has 1 rings (SSSR count). The summed E-state index contributed by atoms with van der Waals surface area (Å²) >= 11 is 10.2. The molecule has 0 aliphatic rings. The first-order valence-corrected chi connectivity index (χ1v) is 7.41. The Balaban J connectivity index is 0.000000664. The molecule has 0 amide bonds. The van der Waals surface area contributed by atoms with Gasteiger partial charge in [-0.2, -0.15) is 0 Å². The van der Waals surface area contributed by atoms with Crippen LogP contribution >= 0.6 is 23.2 Å². The number of aromatic nitrogens is 1. The first kappa shape index (κ1) is 21.2. The fourth-order valence-electron chi connectivity index (χ4n) is 0.955. The van der Waals surface area contributed by atoms with Crippen LogP contribution in [0.4, 0.5) is 9.59 Å². The smallest absolute Gasteiger partial charge is 0.432 e. The molecular formula is C13H17Cl2NO7. The predicted octanol–water partition coefficient (Wildman–Crippen LogP) is 2.78. The van der Waals surface area contributed by atoms with E-state index in [-0.39, 0.29) is 38.6 Å². The minimum Gasteiger partial charge on any atom is -0.432 e. The van der Waals surface area contributed by atoms with E-state index in [0.29, 0.717) is 0 Å². The van der Waals surface area contributed by atoms with Crippen molar-refractivity contribution in [1.82, 2.24) is 4.98 Å². The fraction of sp³-hybridized carbons (Fsp3) is 0.462. The molecule has 0 spiro atoms. The van der Waals surface area contributed by atoms with E-state index in [4.69, 9.17) is 27.9 Å². The molecule has 0 bridgehead atoms. The van der Waals surface area contributed by atoms with E-state index in [9.17, 15) is 9.59 Å². The average molecular weight is 370 g/mol. The van der Waals surface area contributed by atoms with Crippen molar-refractivity contribution in [3.8, 4) is 0 Å². The molecule has 0 radical (unpaired) electrons. The normalized spacial score (nSPS) is 9.13. The summed E-state index contributed by atoms with van der Waals surface area (Å²) in [7, 11) is 0. The van der Waals surface area contributed by atoms with Crippen LogP contribution in [-0.2, 0) is 23.7 Å². The van der Waals surface area contributed by atoms with Crippen LogP contribution in [0.3, 0.4) is 0 Å². The molecule has 0 saturated heterocycles. The Labute approximate surface area is 143 Å². The van der Waals surface area contributed by atoms with Gasteiger partial charge in [0.2, 0.25) is 0 Å². The zero-order chi connectivity index (χ0) is 17.2. The van der Waals surface area contributed by atoms with Crippen LogP contribution in [0.2, 0.25) is 0 Å². The summed E-state index contributed by atoms with van der Waals surface area (Å²) in [4.78, 5) is 25.0. The number of carbonyl (C=O) groups is 2. The molecule has 0 aliphatic heterocycles. The van der Waals surface area contributed by atoms with Crippen molar-refractivity contribution >= 4 is 35.5 Å². The lowest BCUT2D eigenvalue weighted by atomic mass is 10.5. The summed E-state index contributed by atoms with van der Waals surface area (Å²) < 4.78 is 22.6. The molecule has 1 heterocycles. The van der Waals surface area contributed by atoms with E-state index >= 15 is 0 Å². The maximum absolute atomic E-state index is 10.6. The number of hydrogen-bond donors (Lipinski definition) is 0. The van der Waals surface area contributed by atoms with Gasteiger partial charge in [0, 0.05) is 12.4 Å². The summed E-state index contributed by atoms with van der Waals surface area (Å²) in [6.45, 7) is 0.320. The van der Waals surface area contributed by atoms with E-state index in [1.165, 1.54) is 0 Å². The number of ether oxygens (including phenoxy) is 5. The Bertz CT molecular complexity index is 360. The lowest BCUT2D eigenvalue weighted by Crippen LogP contribution is -2.15. The van der Waals surface area contributed by atoms with Crippen LogP contribution in [0.5, 0.6) is 0 Å². The topological polar surface area (TPSA) is 93.2 Å². The van der Waals surface area contributed by atoms with Gasteiger partial charge in [0.25, 0.3) is 0 Å². The number of rotatable bonds is 8. The molecule has 0 aromatic carbocycles. The number of pyridine rings is 1. The minimum atomic E-state index is -0.870. The van der Waals surface area contributed by atoms with Crippen molar-refractivity contribution < 1.29 is 33.3 Å². The highest BCUT2D eigenvalue weighted by atomic mass is 35.5. The molecular weight excluding hydrogens is 353 g/mol. The van der Waals surface area contributed by atoms with Crippen molar-refractivity contribution in [3.63, 3.8) is 0 Å². The van der Waals surface area contributed by atoms with Crippen molar-refractivity contribution in [2.45, 2.75) is 0 Å². The molecule has 130 valence electrons. The van der Waals surface area contributed by atoms with E-state index in [1.54, 1.807) is 12.4 Å². The zero-order valence-corrected chi connectivity index (χ0v) is 13.7. The highest BCUT2D eigenvalue weighted by Gasteiger charge is 2.03. The second-order valence-electron chi connectivity index (χ2n) is 3.34. The maximum atomic E-state index is 10.6. The second kappa shape index (κ2) is 16.6. The second-order valence-corrected chi connectivity index (χ2v) is 3.78. The van der Waals surface area contributed by atoms with E-state index < -0.39 is 12.3 Å². The Kier molecular flexibility index (Phi) is 15.3. The lowest BCUT2D eigenvalue weighted by molar-refractivity contribution is 0.0122. The van der Waals surface area contributed by atoms with Gasteiger partial charge in [-0.05, 0) is 12.1 Å². The molecule has 0 N–H and O–H groups in total. The third kappa shape index (κ3) is 16.4. The Morgan fingerprint density at radius 3 is 1.52 bits per heavy atom. The minimum absolute atomic E-state index is 0.0157. The molecule has 1 aromatic heterocycles. The van der Waals surface area contributed by atoms with Gasteiger partial charge < -0.3 is 23.7 Å². The molecule has 23 heavy (non-hydrogen) atoms. The monoisotopic (exact) mass is 369 g/mol. The maximum Gasteiger partial charge on any atom is 0.509 e. The van der Waals surface area contributed by atoms with Gasteiger partial charge in [0.1, 0.15) is 13.2 Å². The van der Waals surface area contributed by atoms with Crippen LogP contribution in [0, 0.1) is 0 Å². The van der Waals surface area contributed by atoms with Crippen LogP contribution in [-0.4, -0.2) is 55.9 Å². The summed E-state index contributed by atoms with van der Waals surface area (Å²) in [5.74, 6) is 0. The Morgan fingerprint density at radius 1 is 0.739 bits per heavy atom. The summed E-state index contributed by atoms with van der Waals surface area (Å²) in [5, 5.41) is 0. The zero-order valence-electron chi connectivity index (χ0n) is 12.2. The number of hydrogen-bond acceptors (Lipinski definition) is 8. The van der Waals surface area contributed by atoms with Crippen molar-refractivity contribution in [1.29, 1.82) is 0 Å². The number of carbonyl (C=O) groups excluding carboxylic acids is 2. The summed E-state index contributed by atoms with van der Waals surface area (Å²) in [6, 6.07) is 5.18. The van der Waals surface area contributed by atoms with E-state index in [2.05, 4.69) is 23.9 Å². The third-order valence-electron chi connectivity index (χ3n) is 1.81. The molecule has 0 aliphatic carbocycles. The number of nitrogens with zero attached hydrogens (tertiary/aromatic N) is 1. The largest absolute Gasteiger partial charge is 0.509 e. The summed E-state index contributed by atoms with van der Waals surface area (Å²) in [5.41, 5.74) is 0. The van der Waals surface area contributed by atoms with Gasteiger partial charge in [0.15, 0.2) is 12.1 Å². The van der Waals surface area contributed by atoms with E-state index in [1.807, 2.05) is 18.2 Å². The molecule has 1 aromatic rings. The summed E-state index contributed by atoms with van der Waals surface area (Å²) in [6.07, 6.45) is 1.76. The van der Waals surface area contributed by atoms with Crippen LogP contribution in [0.25, 0.3) is 0 Å². The van der Waals surface area contributed by atoms with Gasteiger partial charge in [-0.15, -0.1) is 0 Å². The first-order chi connectivity index (χ1) is 11.2. The molecule has 0 fully saturated rings. The SMILES string of the molecule is O=C(OCCl)OCCOCCOC(=O)OCCl.c1ccncc1. The van der Waals surface area contributed by atoms with Crippen molar-refractivity contribution in [2.75, 3.05) is 38.6 Å². The van der Waals surface area contributed by atoms with Crippen LogP contribution in [0.15, 0.2) is 30.6 Å². The molecule has 0 atom stereocenters. The van der Waals surface area contributed by atoms with Gasteiger partial charge >= 0.3 is 12.3 Å². The van der Waals surface area contributed by atoms with Gasteiger partial charge in [-0.25, -0.2) is 9.59 Å². The first-order valence-electron chi connectivity index (χ1n) is 6.34. The Morgan fingerprint density at radius 2 is 1.22 bits per heavy atom. The molecule has 0 saturated carbocycles. The number of halogens is 2. The Hall–Kier alpha value is -1.77. The van der Waals surface area contributed by atoms with E-state index in [0.717, 1.165) is 0 Å². The van der Waals surface area contributed by atoms with Crippen molar-refractivity contribution in [2.24, 2.45) is 0 Å².